The molecule has 0 saturated heterocycles. The highest BCUT2D eigenvalue weighted by atomic mass is 35.5. The molecule has 1 aliphatic rings. The number of nitrogens with zero attached hydrogens (tertiary/aromatic N) is 2. The molecule has 3 nitrogen and oxygen atoms in total. The number of nitrogens with two attached hydrogens (primary N) is 1. The zero-order valence-electron chi connectivity index (χ0n) is 11.7. The number of hydrogen-bond acceptors (Lipinski definition) is 2. The van der Waals surface area contributed by atoms with Crippen LogP contribution in [0.2, 0.25) is 5.15 Å². The van der Waals surface area contributed by atoms with Crippen LogP contribution in [0.4, 0.5) is 0 Å². The van der Waals surface area contributed by atoms with Crippen LogP contribution in [0.3, 0.4) is 0 Å². The molecular weight excluding hydrogens is 246 g/mol. The Labute approximate surface area is 115 Å². The van der Waals surface area contributed by atoms with Crippen LogP contribution < -0.4 is 5.73 Å². The highest BCUT2D eigenvalue weighted by molar-refractivity contribution is 6.30. The first-order chi connectivity index (χ1) is 8.45. The maximum atomic E-state index is 6.61. The lowest BCUT2D eigenvalue weighted by molar-refractivity contribution is 0.218. The topological polar surface area (TPSA) is 43.8 Å². The van der Waals surface area contributed by atoms with E-state index in [0.717, 1.165) is 41.6 Å². The van der Waals surface area contributed by atoms with E-state index in [1.165, 1.54) is 19.3 Å². The summed E-state index contributed by atoms with van der Waals surface area (Å²) in [4.78, 5) is 0. The van der Waals surface area contributed by atoms with Crippen LogP contribution in [0.1, 0.15) is 50.3 Å². The lowest BCUT2D eigenvalue weighted by atomic mass is 9.72. The molecule has 1 aromatic heterocycles. The van der Waals surface area contributed by atoms with Crippen LogP contribution >= 0.6 is 11.6 Å². The monoisotopic (exact) mass is 269 g/mol. The molecule has 18 heavy (non-hydrogen) atoms. The molecule has 1 saturated carbocycles. The molecule has 2 atom stereocenters. The molecule has 2 rings (SSSR count). The van der Waals surface area contributed by atoms with Crippen LogP contribution in [0.15, 0.2) is 0 Å². The van der Waals surface area contributed by atoms with Gasteiger partial charge in [0.25, 0.3) is 0 Å². The van der Waals surface area contributed by atoms with E-state index in [1.807, 2.05) is 14.0 Å². The number of aromatic nitrogens is 2. The Morgan fingerprint density at radius 1 is 1.56 bits per heavy atom. The standard InChI is InChI=1S/C14H24ClN3/c1-4-11-6-5-7-14(16,8-11)9-12-10(2)17-18(3)13(12)15/h11H,4-9,16H2,1-3H3. The molecule has 102 valence electrons. The second-order valence-corrected chi connectivity index (χ2v) is 6.25. The van der Waals surface area contributed by atoms with Crippen molar-refractivity contribution in [2.45, 2.75) is 57.9 Å². The molecule has 0 radical (unpaired) electrons. The Morgan fingerprint density at radius 2 is 2.28 bits per heavy atom. The minimum absolute atomic E-state index is 0.0869. The van der Waals surface area contributed by atoms with E-state index < -0.39 is 0 Å². The van der Waals surface area contributed by atoms with Gasteiger partial charge in [-0.2, -0.15) is 5.10 Å². The minimum Gasteiger partial charge on any atom is -0.325 e. The van der Waals surface area contributed by atoms with Crippen molar-refractivity contribution in [3.8, 4) is 0 Å². The first-order valence-electron chi connectivity index (χ1n) is 6.92. The molecule has 1 heterocycles. The van der Waals surface area contributed by atoms with E-state index >= 15 is 0 Å². The van der Waals surface area contributed by atoms with E-state index in [-0.39, 0.29) is 5.54 Å². The van der Waals surface area contributed by atoms with Crippen molar-refractivity contribution in [2.24, 2.45) is 18.7 Å². The molecule has 0 aromatic carbocycles. The average Bonchev–Trinajstić information content (AvgIpc) is 2.56. The third-order valence-electron chi connectivity index (χ3n) is 4.36. The molecule has 2 unspecified atom stereocenters. The number of hydrogen-bond donors (Lipinski definition) is 1. The van der Waals surface area contributed by atoms with E-state index in [1.54, 1.807) is 4.68 Å². The number of halogens is 1. The van der Waals surface area contributed by atoms with Gasteiger partial charge >= 0.3 is 0 Å². The largest absolute Gasteiger partial charge is 0.325 e. The van der Waals surface area contributed by atoms with Crippen LogP contribution in [-0.2, 0) is 13.5 Å². The molecule has 0 bridgehead atoms. The highest BCUT2D eigenvalue weighted by Crippen LogP contribution is 2.36. The summed E-state index contributed by atoms with van der Waals surface area (Å²) < 4.78 is 1.75. The van der Waals surface area contributed by atoms with Gasteiger partial charge in [0.1, 0.15) is 5.15 Å². The fourth-order valence-electron chi connectivity index (χ4n) is 3.26. The zero-order valence-corrected chi connectivity index (χ0v) is 12.4. The summed E-state index contributed by atoms with van der Waals surface area (Å²) in [5.74, 6) is 0.777. The van der Waals surface area contributed by atoms with Gasteiger partial charge in [-0.3, -0.25) is 4.68 Å². The van der Waals surface area contributed by atoms with Crippen molar-refractivity contribution in [1.82, 2.24) is 9.78 Å². The maximum Gasteiger partial charge on any atom is 0.130 e. The molecule has 0 amide bonds. The van der Waals surface area contributed by atoms with Crippen molar-refractivity contribution in [2.75, 3.05) is 0 Å². The number of rotatable bonds is 3. The van der Waals surface area contributed by atoms with Gasteiger partial charge in [0, 0.05) is 18.2 Å². The molecular formula is C14H24ClN3. The quantitative estimate of drug-likeness (QED) is 0.916. The minimum atomic E-state index is -0.0869. The Bertz CT molecular complexity index is 427. The molecule has 1 aromatic rings. The summed E-state index contributed by atoms with van der Waals surface area (Å²) in [6.07, 6.45) is 6.89. The fraction of sp³-hybridized carbons (Fsp3) is 0.786. The van der Waals surface area contributed by atoms with Crippen molar-refractivity contribution < 1.29 is 0 Å². The molecule has 4 heteroatoms. The van der Waals surface area contributed by atoms with Gasteiger partial charge < -0.3 is 5.73 Å². The summed E-state index contributed by atoms with van der Waals surface area (Å²) in [5, 5.41) is 5.12. The van der Waals surface area contributed by atoms with Gasteiger partial charge in [-0.25, -0.2) is 0 Å². The molecule has 1 fully saturated rings. The van der Waals surface area contributed by atoms with Crippen LogP contribution in [-0.4, -0.2) is 15.3 Å². The lowest BCUT2D eigenvalue weighted by Crippen LogP contribution is -2.46. The summed E-state index contributed by atoms with van der Waals surface area (Å²) in [5.41, 5.74) is 8.68. The summed E-state index contributed by atoms with van der Waals surface area (Å²) >= 11 is 6.31. The van der Waals surface area contributed by atoms with Gasteiger partial charge in [0.05, 0.1) is 5.69 Å². The van der Waals surface area contributed by atoms with E-state index in [2.05, 4.69) is 12.0 Å². The molecule has 1 aliphatic carbocycles. The molecule has 2 N–H and O–H groups in total. The summed E-state index contributed by atoms with van der Waals surface area (Å²) in [7, 11) is 1.89. The first kappa shape index (κ1) is 13.9. The van der Waals surface area contributed by atoms with Gasteiger partial charge in [-0.05, 0) is 32.1 Å². The Morgan fingerprint density at radius 3 is 2.83 bits per heavy atom. The summed E-state index contributed by atoms with van der Waals surface area (Å²) in [6, 6.07) is 0. The van der Waals surface area contributed by atoms with Gasteiger partial charge in [-0.15, -0.1) is 0 Å². The Kier molecular flexibility index (Phi) is 4.02. The van der Waals surface area contributed by atoms with E-state index in [4.69, 9.17) is 17.3 Å². The maximum absolute atomic E-state index is 6.61. The SMILES string of the molecule is CCC1CCCC(N)(Cc2c(C)nn(C)c2Cl)C1. The van der Waals surface area contributed by atoms with Crippen LogP contribution in [0.25, 0.3) is 0 Å². The normalized spacial score (nSPS) is 28.6. The smallest absolute Gasteiger partial charge is 0.130 e. The van der Waals surface area contributed by atoms with Gasteiger partial charge in [0.15, 0.2) is 0 Å². The second-order valence-electron chi connectivity index (χ2n) is 5.89. The predicted molar refractivity (Wildman–Crippen MR) is 75.8 cm³/mol. The number of aryl methyl sites for hydroxylation is 2. The fourth-order valence-corrected chi connectivity index (χ4v) is 3.50. The Balaban J connectivity index is 2.16. The molecule has 0 spiro atoms. The zero-order chi connectivity index (χ0) is 13.3. The third-order valence-corrected chi connectivity index (χ3v) is 4.83. The van der Waals surface area contributed by atoms with Crippen molar-refractivity contribution in [3.05, 3.63) is 16.4 Å². The van der Waals surface area contributed by atoms with Crippen LogP contribution in [0.5, 0.6) is 0 Å². The third kappa shape index (κ3) is 2.72. The van der Waals surface area contributed by atoms with Gasteiger partial charge in [-0.1, -0.05) is 37.8 Å². The Hall–Kier alpha value is -0.540. The van der Waals surface area contributed by atoms with Crippen LogP contribution in [0, 0.1) is 12.8 Å². The van der Waals surface area contributed by atoms with E-state index in [9.17, 15) is 0 Å². The van der Waals surface area contributed by atoms with Crippen molar-refractivity contribution in [1.29, 1.82) is 0 Å². The van der Waals surface area contributed by atoms with Crippen molar-refractivity contribution >= 4 is 11.6 Å². The van der Waals surface area contributed by atoms with Gasteiger partial charge in [0.2, 0.25) is 0 Å². The summed E-state index contributed by atoms with van der Waals surface area (Å²) in [6.45, 7) is 4.28. The lowest BCUT2D eigenvalue weighted by Gasteiger charge is -2.38. The predicted octanol–water partition coefficient (Wildman–Crippen LogP) is 3.22. The highest BCUT2D eigenvalue weighted by Gasteiger charge is 2.33. The van der Waals surface area contributed by atoms with E-state index in [0.29, 0.717) is 0 Å². The first-order valence-corrected chi connectivity index (χ1v) is 7.30. The van der Waals surface area contributed by atoms with Crippen molar-refractivity contribution in [3.63, 3.8) is 0 Å². The molecule has 0 aliphatic heterocycles. The second kappa shape index (κ2) is 5.22. The average molecular weight is 270 g/mol.